The standard InChI is InChI=1S/C11H18O2/c1-9(13)7-10-5-3-4-6-11(10,2)8-12/h8,10H,3-7H2,1-2H3/t10-,11+/m1/s1. The van der Waals surface area contributed by atoms with Crippen molar-refractivity contribution in [2.75, 3.05) is 0 Å². The molecule has 0 spiro atoms. The Balaban J connectivity index is 2.67. The quantitative estimate of drug-likeness (QED) is 0.628. The van der Waals surface area contributed by atoms with Crippen molar-refractivity contribution in [3.63, 3.8) is 0 Å². The number of ketones is 1. The Kier molecular flexibility index (Phi) is 3.23. The Morgan fingerprint density at radius 3 is 2.77 bits per heavy atom. The number of aldehydes is 1. The van der Waals surface area contributed by atoms with E-state index in [2.05, 4.69) is 0 Å². The fourth-order valence-corrected chi connectivity index (χ4v) is 2.27. The van der Waals surface area contributed by atoms with Gasteiger partial charge in [-0.1, -0.05) is 19.8 Å². The van der Waals surface area contributed by atoms with Crippen LogP contribution in [0.4, 0.5) is 0 Å². The molecule has 0 radical (unpaired) electrons. The lowest BCUT2D eigenvalue weighted by molar-refractivity contribution is -0.124. The topological polar surface area (TPSA) is 34.1 Å². The Morgan fingerprint density at radius 1 is 1.54 bits per heavy atom. The van der Waals surface area contributed by atoms with Crippen molar-refractivity contribution in [3.05, 3.63) is 0 Å². The lowest BCUT2D eigenvalue weighted by Gasteiger charge is -2.36. The van der Waals surface area contributed by atoms with Crippen LogP contribution >= 0.6 is 0 Å². The molecule has 0 heterocycles. The van der Waals surface area contributed by atoms with Gasteiger partial charge in [0.15, 0.2) is 0 Å². The Hall–Kier alpha value is -0.660. The van der Waals surface area contributed by atoms with Crippen LogP contribution < -0.4 is 0 Å². The minimum Gasteiger partial charge on any atom is -0.303 e. The van der Waals surface area contributed by atoms with Crippen LogP contribution in [-0.2, 0) is 9.59 Å². The molecule has 2 atom stereocenters. The Morgan fingerprint density at radius 2 is 2.23 bits per heavy atom. The second kappa shape index (κ2) is 4.03. The molecule has 0 bridgehead atoms. The van der Waals surface area contributed by atoms with Crippen LogP contribution in [0.5, 0.6) is 0 Å². The highest BCUT2D eigenvalue weighted by Gasteiger charge is 2.36. The maximum Gasteiger partial charge on any atom is 0.130 e. The average molecular weight is 182 g/mol. The molecule has 0 unspecified atom stereocenters. The summed E-state index contributed by atoms with van der Waals surface area (Å²) >= 11 is 0. The van der Waals surface area contributed by atoms with Gasteiger partial charge in [-0.2, -0.15) is 0 Å². The summed E-state index contributed by atoms with van der Waals surface area (Å²) < 4.78 is 0. The van der Waals surface area contributed by atoms with Gasteiger partial charge < -0.3 is 9.59 Å². The van der Waals surface area contributed by atoms with Crippen molar-refractivity contribution in [3.8, 4) is 0 Å². The summed E-state index contributed by atoms with van der Waals surface area (Å²) in [6, 6.07) is 0. The van der Waals surface area contributed by atoms with E-state index in [0.717, 1.165) is 25.5 Å². The molecule has 0 amide bonds. The average Bonchev–Trinajstić information content (AvgIpc) is 2.09. The van der Waals surface area contributed by atoms with Gasteiger partial charge >= 0.3 is 0 Å². The van der Waals surface area contributed by atoms with Crippen molar-refractivity contribution in [1.29, 1.82) is 0 Å². The monoisotopic (exact) mass is 182 g/mol. The molecular weight excluding hydrogens is 164 g/mol. The van der Waals surface area contributed by atoms with Gasteiger partial charge in [0.1, 0.15) is 12.1 Å². The zero-order chi connectivity index (χ0) is 9.90. The Labute approximate surface area is 79.7 Å². The molecule has 2 heteroatoms. The minimum atomic E-state index is -0.232. The first-order chi connectivity index (χ1) is 6.08. The van der Waals surface area contributed by atoms with Crippen molar-refractivity contribution in [2.45, 2.75) is 46.0 Å². The van der Waals surface area contributed by atoms with Gasteiger partial charge in [-0.05, 0) is 25.7 Å². The molecule has 0 aromatic heterocycles. The molecular formula is C11H18O2. The maximum atomic E-state index is 11.0. The fraction of sp³-hybridized carbons (Fsp3) is 0.818. The molecule has 0 aromatic rings. The lowest BCUT2D eigenvalue weighted by atomic mass is 9.67. The highest BCUT2D eigenvalue weighted by molar-refractivity contribution is 5.76. The summed E-state index contributed by atoms with van der Waals surface area (Å²) in [7, 11) is 0. The number of Topliss-reactive ketones (excluding diaryl/α,β-unsaturated/α-hetero) is 1. The Bertz CT molecular complexity index is 210. The van der Waals surface area contributed by atoms with E-state index in [0.29, 0.717) is 6.42 Å². The van der Waals surface area contributed by atoms with E-state index < -0.39 is 0 Å². The first-order valence-electron chi connectivity index (χ1n) is 5.04. The van der Waals surface area contributed by atoms with Gasteiger partial charge in [0.25, 0.3) is 0 Å². The lowest BCUT2D eigenvalue weighted by Crippen LogP contribution is -2.33. The SMILES string of the molecule is CC(=O)C[C@H]1CCCC[C@@]1(C)C=O. The number of carbonyl (C=O) groups excluding carboxylic acids is 2. The highest BCUT2D eigenvalue weighted by Crippen LogP contribution is 2.41. The highest BCUT2D eigenvalue weighted by atomic mass is 16.1. The number of rotatable bonds is 3. The predicted octanol–water partition coefficient (Wildman–Crippen LogP) is 2.36. The van der Waals surface area contributed by atoms with Crippen LogP contribution in [0, 0.1) is 11.3 Å². The van der Waals surface area contributed by atoms with Gasteiger partial charge in [0.05, 0.1) is 0 Å². The summed E-state index contributed by atoms with van der Waals surface area (Å²) in [6.07, 6.45) is 5.92. The van der Waals surface area contributed by atoms with E-state index in [1.165, 1.54) is 6.42 Å². The zero-order valence-corrected chi connectivity index (χ0v) is 8.51. The molecule has 1 saturated carbocycles. The summed E-state index contributed by atoms with van der Waals surface area (Å²) in [6.45, 7) is 3.60. The maximum absolute atomic E-state index is 11.0. The van der Waals surface area contributed by atoms with Crippen molar-refractivity contribution in [2.24, 2.45) is 11.3 Å². The van der Waals surface area contributed by atoms with Crippen LogP contribution in [0.25, 0.3) is 0 Å². The summed E-state index contributed by atoms with van der Waals surface area (Å²) in [5.74, 6) is 0.497. The molecule has 0 N–H and O–H groups in total. The summed E-state index contributed by atoms with van der Waals surface area (Å²) in [4.78, 5) is 22.0. The first-order valence-corrected chi connectivity index (χ1v) is 5.04. The summed E-state index contributed by atoms with van der Waals surface area (Å²) in [5.41, 5.74) is -0.232. The predicted molar refractivity (Wildman–Crippen MR) is 51.4 cm³/mol. The number of carbonyl (C=O) groups is 2. The van der Waals surface area contributed by atoms with Crippen LogP contribution in [0.1, 0.15) is 46.0 Å². The molecule has 1 rings (SSSR count). The van der Waals surface area contributed by atoms with E-state index in [1.807, 2.05) is 6.92 Å². The van der Waals surface area contributed by atoms with E-state index in [9.17, 15) is 9.59 Å². The van der Waals surface area contributed by atoms with E-state index >= 15 is 0 Å². The van der Waals surface area contributed by atoms with E-state index in [4.69, 9.17) is 0 Å². The van der Waals surface area contributed by atoms with Gasteiger partial charge in [-0.25, -0.2) is 0 Å². The second-order valence-electron chi connectivity index (χ2n) is 4.47. The van der Waals surface area contributed by atoms with Gasteiger partial charge in [-0.3, -0.25) is 0 Å². The largest absolute Gasteiger partial charge is 0.303 e. The van der Waals surface area contributed by atoms with Gasteiger partial charge in [0, 0.05) is 11.8 Å². The van der Waals surface area contributed by atoms with Crippen molar-refractivity contribution < 1.29 is 9.59 Å². The third-order valence-electron chi connectivity index (χ3n) is 3.25. The van der Waals surface area contributed by atoms with Crippen LogP contribution in [-0.4, -0.2) is 12.1 Å². The molecule has 0 aliphatic heterocycles. The second-order valence-corrected chi connectivity index (χ2v) is 4.47. The first kappa shape index (κ1) is 10.4. The molecule has 74 valence electrons. The van der Waals surface area contributed by atoms with Crippen molar-refractivity contribution >= 4 is 12.1 Å². The van der Waals surface area contributed by atoms with Crippen LogP contribution in [0.3, 0.4) is 0 Å². The molecule has 13 heavy (non-hydrogen) atoms. The molecule has 1 aliphatic carbocycles. The molecule has 1 fully saturated rings. The van der Waals surface area contributed by atoms with Gasteiger partial charge in [0.2, 0.25) is 0 Å². The molecule has 1 aliphatic rings. The summed E-state index contributed by atoms with van der Waals surface area (Å²) in [5, 5.41) is 0. The van der Waals surface area contributed by atoms with Crippen LogP contribution in [0.15, 0.2) is 0 Å². The van der Waals surface area contributed by atoms with Crippen LogP contribution in [0.2, 0.25) is 0 Å². The van der Waals surface area contributed by atoms with E-state index in [1.54, 1.807) is 6.92 Å². The number of hydrogen-bond acceptors (Lipinski definition) is 2. The number of hydrogen-bond donors (Lipinski definition) is 0. The third kappa shape index (κ3) is 2.39. The smallest absolute Gasteiger partial charge is 0.130 e. The molecule has 0 aromatic carbocycles. The van der Waals surface area contributed by atoms with E-state index in [-0.39, 0.29) is 17.1 Å². The molecule has 2 nitrogen and oxygen atoms in total. The normalized spacial score (nSPS) is 34.2. The third-order valence-corrected chi connectivity index (χ3v) is 3.25. The van der Waals surface area contributed by atoms with Gasteiger partial charge in [-0.15, -0.1) is 0 Å². The van der Waals surface area contributed by atoms with Crippen molar-refractivity contribution in [1.82, 2.24) is 0 Å². The molecule has 0 saturated heterocycles. The zero-order valence-electron chi connectivity index (χ0n) is 8.51. The fourth-order valence-electron chi connectivity index (χ4n) is 2.27. The minimum absolute atomic E-state index is 0.208.